The van der Waals surface area contributed by atoms with Gasteiger partial charge in [0.1, 0.15) is 10.7 Å². The van der Waals surface area contributed by atoms with Gasteiger partial charge in [0.15, 0.2) is 0 Å². The second kappa shape index (κ2) is 3.33. The largest absolute Gasteiger partial charge is 0.370 e. The molecular weight excluding hydrogens is 243 g/mol. The normalized spacial score (nSPS) is 19.4. The van der Waals surface area contributed by atoms with E-state index in [0.717, 1.165) is 10.4 Å². The molecule has 0 bridgehead atoms. The lowest BCUT2D eigenvalue weighted by atomic mass is 10.3. The topological polar surface area (TPSA) is 49.4 Å². The molecular formula is C8H8ClFN2O2S. The summed E-state index contributed by atoms with van der Waals surface area (Å²) in [6.45, 7) is 0.150. The van der Waals surface area contributed by atoms with E-state index in [1.165, 1.54) is 13.1 Å². The molecule has 2 rings (SSSR count). The third-order valence-electron chi connectivity index (χ3n) is 2.20. The maximum atomic E-state index is 13.1. The van der Waals surface area contributed by atoms with Crippen LogP contribution in [0.25, 0.3) is 0 Å². The van der Waals surface area contributed by atoms with Crippen LogP contribution in [0.5, 0.6) is 0 Å². The van der Waals surface area contributed by atoms with Crippen molar-refractivity contribution in [1.82, 2.24) is 4.31 Å². The van der Waals surface area contributed by atoms with E-state index in [2.05, 4.69) is 5.32 Å². The molecule has 0 radical (unpaired) electrons. The Morgan fingerprint density at radius 1 is 1.53 bits per heavy atom. The van der Waals surface area contributed by atoms with Gasteiger partial charge < -0.3 is 5.32 Å². The molecule has 4 nitrogen and oxygen atoms in total. The zero-order valence-electron chi connectivity index (χ0n) is 7.79. The van der Waals surface area contributed by atoms with E-state index < -0.39 is 15.8 Å². The van der Waals surface area contributed by atoms with Crippen molar-refractivity contribution in [3.63, 3.8) is 0 Å². The third-order valence-corrected chi connectivity index (χ3v) is 4.34. The van der Waals surface area contributed by atoms with Crippen molar-refractivity contribution in [2.75, 3.05) is 19.0 Å². The summed E-state index contributed by atoms with van der Waals surface area (Å²) in [5.41, 5.74) is 0.333. The molecule has 1 aromatic carbocycles. The summed E-state index contributed by atoms with van der Waals surface area (Å²) < 4.78 is 37.7. The van der Waals surface area contributed by atoms with E-state index in [1.54, 1.807) is 0 Å². The lowest BCUT2D eigenvalue weighted by Gasteiger charge is -2.26. The summed E-state index contributed by atoms with van der Waals surface area (Å²) in [5.74, 6) is -0.740. The van der Waals surface area contributed by atoms with Crippen molar-refractivity contribution in [1.29, 1.82) is 0 Å². The van der Waals surface area contributed by atoms with Crippen LogP contribution in [-0.2, 0) is 10.0 Å². The molecule has 0 saturated heterocycles. The first kappa shape index (κ1) is 10.7. The number of nitrogens with zero attached hydrogens (tertiary/aromatic N) is 1. The summed E-state index contributed by atoms with van der Waals surface area (Å²) in [6.07, 6.45) is 0. The number of anilines is 1. The summed E-state index contributed by atoms with van der Waals surface area (Å²) in [4.78, 5) is -0.0850. The highest BCUT2D eigenvalue weighted by atomic mass is 35.5. The van der Waals surface area contributed by atoms with Crippen molar-refractivity contribution in [3.05, 3.63) is 23.0 Å². The SMILES string of the molecule is CN1CNc2cc(Cl)c(F)cc2S1(=O)=O. The van der Waals surface area contributed by atoms with Crippen LogP contribution in [0.15, 0.2) is 17.0 Å². The van der Waals surface area contributed by atoms with Gasteiger partial charge in [0.05, 0.1) is 17.4 Å². The van der Waals surface area contributed by atoms with Gasteiger partial charge in [-0.25, -0.2) is 12.8 Å². The number of sulfonamides is 1. The summed E-state index contributed by atoms with van der Waals surface area (Å²) in [5, 5.41) is 2.74. The zero-order chi connectivity index (χ0) is 11.2. The van der Waals surface area contributed by atoms with Crippen LogP contribution in [0.4, 0.5) is 10.1 Å². The van der Waals surface area contributed by atoms with Crippen molar-refractivity contribution < 1.29 is 12.8 Å². The molecule has 0 saturated carbocycles. The number of hydrogen-bond donors (Lipinski definition) is 1. The van der Waals surface area contributed by atoms with E-state index >= 15 is 0 Å². The number of benzene rings is 1. The Morgan fingerprint density at radius 3 is 2.87 bits per heavy atom. The fraction of sp³-hybridized carbons (Fsp3) is 0.250. The van der Waals surface area contributed by atoms with Crippen LogP contribution in [0.2, 0.25) is 5.02 Å². The molecule has 1 heterocycles. The van der Waals surface area contributed by atoms with Crippen LogP contribution in [-0.4, -0.2) is 26.4 Å². The quantitative estimate of drug-likeness (QED) is 0.759. The molecule has 0 aromatic heterocycles. The molecule has 0 spiro atoms. The molecule has 82 valence electrons. The van der Waals surface area contributed by atoms with Crippen LogP contribution in [0.1, 0.15) is 0 Å². The average molecular weight is 251 g/mol. The van der Waals surface area contributed by atoms with Crippen molar-refractivity contribution in [3.8, 4) is 0 Å². The van der Waals surface area contributed by atoms with Crippen molar-refractivity contribution in [2.45, 2.75) is 4.90 Å². The predicted octanol–water partition coefficient (Wildman–Crippen LogP) is 1.48. The second-order valence-electron chi connectivity index (χ2n) is 3.20. The molecule has 0 atom stereocenters. The highest BCUT2D eigenvalue weighted by molar-refractivity contribution is 7.89. The van der Waals surface area contributed by atoms with Gasteiger partial charge in [0, 0.05) is 7.05 Å². The number of fused-ring (bicyclic) bond motifs is 1. The predicted molar refractivity (Wildman–Crippen MR) is 54.8 cm³/mol. The Hall–Kier alpha value is -0.850. The Labute approximate surface area is 91.7 Å². The molecule has 1 aliphatic heterocycles. The first-order valence-electron chi connectivity index (χ1n) is 4.12. The van der Waals surface area contributed by atoms with Gasteiger partial charge in [-0.15, -0.1) is 0 Å². The van der Waals surface area contributed by atoms with Crippen LogP contribution in [0.3, 0.4) is 0 Å². The third kappa shape index (κ3) is 1.58. The molecule has 15 heavy (non-hydrogen) atoms. The number of halogens is 2. The van der Waals surface area contributed by atoms with Gasteiger partial charge in [0.25, 0.3) is 0 Å². The lowest BCUT2D eigenvalue weighted by Crippen LogP contribution is -2.36. The summed E-state index contributed by atoms with van der Waals surface area (Å²) >= 11 is 5.55. The fourth-order valence-electron chi connectivity index (χ4n) is 1.33. The van der Waals surface area contributed by atoms with Gasteiger partial charge >= 0.3 is 0 Å². The first-order valence-corrected chi connectivity index (χ1v) is 5.94. The maximum Gasteiger partial charge on any atom is 0.246 e. The van der Waals surface area contributed by atoms with Crippen molar-refractivity contribution >= 4 is 27.3 Å². The second-order valence-corrected chi connectivity index (χ2v) is 5.62. The standard InChI is InChI=1S/C8H8ClFN2O2S/c1-12-4-11-7-2-5(9)6(10)3-8(7)15(12,13)14/h2-3,11H,4H2,1H3. The number of hydrogen-bond acceptors (Lipinski definition) is 3. The minimum atomic E-state index is -3.59. The smallest absolute Gasteiger partial charge is 0.246 e. The van der Waals surface area contributed by atoms with E-state index in [4.69, 9.17) is 11.6 Å². The Kier molecular flexibility index (Phi) is 2.37. The molecule has 7 heteroatoms. The molecule has 1 aromatic rings. The average Bonchev–Trinajstić information content (AvgIpc) is 2.16. The maximum absolute atomic E-state index is 13.1. The molecule has 1 aliphatic rings. The fourth-order valence-corrected chi connectivity index (χ4v) is 2.72. The molecule has 0 unspecified atom stereocenters. The summed E-state index contributed by atoms with van der Waals surface area (Å²) in [6, 6.07) is 2.20. The van der Waals surface area contributed by atoms with Gasteiger partial charge in [-0.1, -0.05) is 11.6 Å². The first-order chi connectivity index (χ1) is 6.93. The van der Waals surface area contributed by atoms with Crippen molar-refractivity contribution in [2.24, 2.45) is 0 Å². The van der Waals surface area contributed by atoms with E-state index in [-0.39, 0.29) is 16.6 Å². The Balaban J connectivity index is 2.70. The van der Waals surface area contributed by atoms with E-state index in [9.17, 15) is 12.8 Å². The number of rotatable bonds is 0. The van der Waals surface area contributed by atoms with E-state index in [0.29, 0.717) is 5.69 Å². The molecule has 1 N–H and O–H groups in total. The molecule has 0 aliphatic carbocycles. The van der Waals surface area contributed by atoms with Crippen LogP contribution in [0, 0.1) is 5.82 Å². The van der Waals surface area contributed by atoms with E-state index in [1.807, 2.05) is 0 Å². The van der Waals surface area contributed by atoms with Crippen LogP contribution < -0.4 is 5.32 Å². The minimum absolute atomic E-state index is 0.0850. The van der Waals surface area contributed by atoms with Gasteiger partial charge in [-0.05, 0) is 12.1 Å². The van der Waals surface area contributed by atoms with Crippen LogP contribution >= 0.6 is 11.6 Å². The molecule has 0 fully saturated rings. The van der Waals surface area contributed by atoms with Gasteiger partial charge in [0.2, 0.25) is 10.0 Å². The summed E-state index contributed by atoms with van der Waals surface area (Å²) in [7, 11) is -2.17. The lowest BCUT2D eigenvalue weighted by molar-refractivity contribution is 0.481. The highest BCUT2D eigenvalue weighted by Crippen LogP contribution is 2.32. The Morgan fingerprint density at radius 2 is 2.20 bits per heavy atom. The highest BCUT2D eigenvalue weighted by Gasteiger charge is 2.29. The zero-order valence-corrected chi connectivity index (χ0v) is 9.36. The minimum Gasteiger partial charge on any atom is -0.370 e. The Bertz CT molecular complexity index is 518. The van der Waals surface area contributed by atoms with Gasteiger partial charge in [-0.2, -0.15) is 4.31 Å². The van der Waals surface area contributed by atoms with Gasteiger partial charge in [-0.3, -0.25) is 0 Å². The monoisotopic (exact) mass is 250 g/mol. The molecule has 0 amide bonds. The number of nitrogens with one attached hydrogen (secondary N) is 1.